The summed E-state index contributed by atoms with van der Waals surface area (Å²) in [5.41, 5.74) is 6.96. The first kappa shape index (κ1) is 9.66. The quantitative estimate of drug-likeness (QED) is 0.797. The third kappa shape index (κ3) is 1.46. The van der Waals surface area contributed by atoms with Gasteiger partial charge in [-0.1, -0.05) is 12.1 Å². The van der Waals surface area contributed by atoms with E-state index in [-0.39, 0.29) is 6.23 Å². The number of nitrogen functional groups attached to an aromatic ring is 1. The first-order valence-electron chi connectivity index (χ1n) is 5.70. The molecule has 3 rings (SSSR count). The molecule has 1 aliphatic rings. The third-order valence-corrected chi connectivity index (χ3v) is 3.07. The molecule has 0 saturated carbocycles. The Morgan fingerprint density at radius 1 is 1.31 bits per heavy atom. The molecule has 2 N–H and O–H groups in total. The standard InChI is InChI=1S/C12H15N3O/c13-12-9-5-1-2-6-10(9)15(14-12)11-7-3-4-8-16-11/h1-2,5-6,11H,3-4,7-8H2,(H2,13,14). The van der Waals surface area contributed by atoms with Gasteiger partial charge in [-0.3, -0.25) is 0 Å². The lowest BCUT2D eigenvalue weighted by Crippen LogP contribution is -2.19. The van der Waals surface area contributed by atoms with Crippen molar-refractivity contribution in [1.29, 1.82) is 0 Å². The Labute approximate surface area is 94.0 Å². The highest BCUT2D eigenvalue weighted by atomic mass is 16.5. The summed E-state index contributed by atoms with van der Waals surface area (Å²) in [4.78, 5) is 0. The second-order valence-electron chi connectivity index (χ2n) is 4.17. The monoisotopic (exact) mass is 217 g/mol. The van der Waals surface area contributed by atoms with E-state index in [1.165, 1.54) is 6.42 Å². The lowest BCUT2D eigenvalue weighted by Gasteiger charge is -2.23. The summed E-state index contributed by atoms with van der Waals surface area (Å²) in [6, 6.07) is 8.02. The van der Waals surface area contributed by atoms with Crippen LogP contribution >= 0.6 is 0 Å². The van der Waals surface area contributed by atoms with Crippen molar-refractivity contribution in [2.24, 2.45) is 0 Å². The van der Waals surface area contributed by atoms with Crippen LogP contribution in [0.2, 0.25) is 0 Å². The van der Waals surface area contributed by atoms with Gasteiger partial charge >= 0.3 is 0 Å². The van der Waals surface area contributed by atoms with Gasteiger partial charge in [0.2, 0.25) is 0 Å². The van der Waals surface area contributed by atoms with Crippen LogP contribution in [0.25, 0.3) is 10.9 Å². The maximum atomic E-state index is 5.90. The molecule has 1 fully saturated rings. The molecule has 0 spiro atoms. The molecule has 16 heavy (non-hydrogen) atoms. The van der Waals surface area contributed by atoms with Gasteiger partial charge in [-0.25, -0.2) is 4.68 Å². The van der Waals surface area contributed by atoms with Crippen LogP contribution in [0.15, 0.2) is 24.3 Å². The van der Waals surface area contributed by atoms with Crippen LogP contribution in [0.4, 0.5) is 5.82 Å². The largest absolute Gasteiger partial charge is 0.382 e. The lowest BCUT2D eigenvalue weighted by atomic mass is 10.2. The maximum absolute atomic E-state index is 5.90. The van der Waals surface area contributed by atoms with Gasteiger partial charge in [0.15, 0.2) is 12.0 Å². The fourth-order valence-electron chi connectivity index (χ4n) is 2.25. The van der Waals surface area contributed by atoms with E-state index >= 15 is 0 Å². The molecule has 0 aliphatic carbocycles. The van der Waals surface area contributed by atoms with Crippen molar-refractivity contribution >= 4 is 16.7 Å². The number of aromatic nitrogens is 2. The van der Waals surface area contributed by atoms with E-state index in [0.29, 0.717) is 5.82 Å². The number of fused-ring (bicyclic) bond motifs is 1. The van der Waals surface area contributed by atoms with Gasteiger partial charge in [0.25, 0.3) is 0 Å². The van der Waals surface area contributed by atoms with E-state index in [1.807, 2.05) is 28.9 Å². The molecule has 1 aliphatic heterocycles. The predicted octanol–water partition coefficient (Wildman–Crippen LogP) is 2.32. The van der Waals surface area contributed by atoms with Crippen LogP contribution in [-0.2, 0) is 4.74 Å². The number of anilines is 1. The van der Waals surface area contributed by atoms with Crippen molar-refractivity contribution in [3.63, 3.8) is 0 Å². The number of ether oxygens (including phenoxy) is 1. The molecule has 1 unspecified atom stereocenters. The number of para-hydroxylation sites is 1. The number of hydrogen-bond acceptors (Lipinski definition) is 3. The molecule has 1 saturated heterocycles. The van der Waals surface area contributed by atoms with Crippen molar-refractivity contribution in [2.75, 3.05) is 12.3 Å². The molecule has 1 aromatic carbocycles. The van der Waals surface area contributed by atoms with Crippen LogP contribution in [0, 0.1) is 0 Å². The maximum Gasteiger partial charge on any atom is 0.153 e. The van der Waals surface area contributed by atoms with Crippen LogP contribution in [0.5, 0.6) is 0 Å². The number of nitrogens with zero attached hydrogens (tertiary/aromatic N) is 2. The first-order chi connectivity index (χ1) is 7.86. The Morgan fingerprint density at radius 3 is 3.00 bits per heavy atom. The minimum atomic E-state index is 0.0518. The van der Waals surface area contributed by atoms with Crippen LogP contribution < -0.4 is 5.73 Å². The summed E-state index contributed by atoms with van der Waals surface area (Å²) >= 11 is 0. The SMILES string of the molecule is Nc1nn(C2CCCCO2)c2ccccc12. The lowest BCUT2D eigenvalue weighted by molar-refractivity contribution is -0.0365. The van der Waals surface area contributed by atoms with Gasteiger partial charge in [-0.2, -0.15) is 5.10 Å². The molecule has 2 aromatic rings. The van der Waals surface area contributed by atoms with Gasteiger partial charge in [0.1, 0.15) is 0 Å². The molecule has 2 heterocycles. The molecule has 84 valence electrons. The second kappa shape index (κ2) is 3.79. The Kier molecular flexibility index (Phi) is 2.29. The minimum Gasteiger partial charge on any atom is -0.382 e. The topological polar surface area (TPSA) is 53.1 Å². The van der Waals surface area contributed by atoms with E-state index in [1.54, 1.807) is 0 Å². The zero-order valence-electron chi connectivity index (χ0n) is 9.10. The summed E-state index contributed by atoms with van der Waals surface area (Å²) in [7, 11) is 0. The van der Waals surface area contributed by atoms with E-state index in [2.05, 4.69) is 5.10 Å². The molecular weight excluding hydrogens is 202 g/mol. The third-order valence-electron chi connectivity index (χ3n) is 3.07. The van der Waals surface area contributed by atoms with Gasteiger partial charge in [0.05, 0.1) is 5.52 Å². The Morgan fingerprint density at radius 2 is 2.19 bits per heavy atom. The number of nitrogens with two attached hydrogens (primary N) is 1. The summed E-state index contributed by atoms with van der Waals surface area (Å²) in [6.45, 7) is 0.818. The van der Waals surface area contributed by atoms with Gasteiger partial charge in [-0.05, 0) is 31.4 Å². The Hall–Kier alpha value is -1.55. The summed E-state index contributed by atoms with van der Waals surface area (Å²) in [6.07, 6.45) is 3.41. The van der Waals surface area contributed by atoms with Crippen molar-refractivity contribution < 1.29 is 4.74 Å². The fourth-order valence-corrected chi connectivity index (χ4v) is 2.25. The van der Waals surface area contributed by atoms with Crippen molar-refractivity contribution in [1.82, 2.24) is 9.78 Å². The summed E-state index contributed by atoms with van der Waals surface area (Å²) < 4.78 is 7.65. The van der Waals surface area contributed by atoms with Crippen molar-refractivity contribution in [3.05, 3.63) is 24.3 Å². The molecular formula is C12H15N3O. The summed E-state index contributed by atoms with van der Waals surface area (Å²) in [5.74, 6) is 0.588. The molecule has 1 atom stereocenters. The molecule has 1 aromatic heterocycles. The smallest absolute Gasteiger partial charge is 0.153 e. The van der Waals surface area contributed by atoms with Crippen LogP contribution in [-0.4, -0.2) is 16.4 Å². The van der Waals surface area contributed by atoms with Gasteiger partial charge in [-0.15, -0.1) is 0 Å². The molecule has 0 amide bonds. The van der Waals surface area contributed by atoms with E-state index in [4.69, 9.17) is 10.5 Å². The van der Waals surface area contributed by atoms with E-state index in [0.717, 1.165) is 30.4 Å². The molecule has 4 nitrogen and oxygen atoms in total. The van der Waals surface area contributed by atoms with Crippen molar-refractivity contribution in [3.8, 4) is 0 Å². The van der Waals surface area contributed by atoms with Crippen LogP contribution in [0.1, 0.15) is 25.5 Å². The number of rotatable bonds is 1. The average Bonchev–Trinajstić information content (AvgIpc) is 2.69. The number of hydrogen-bond donors (Lipinski definition) is 1. The normalized spacial score (nSPS) is 21.4. The van der Waals surface area contributed by atoms with E-state index in [9.17, 15) is 0 Å². The zero-order valence-corrected chi connectivity index (χ0v) is 9.10. The highest BCUT2D eigenvalue weighted by Crippen LogP contribution is 2.28. The second-order valence-corrected chi connectivity index (χ2v) is 4.17. The molecule has 0 radical (unpaired) electrons. The van der Waals surface area contributed by atoms with Gasteiger partial charge in [0, 0.05) is 12.0 Å². The minimum absolute atomic E-state index is 0.0518. The average molecular weight is 217 g/mol. The van der Waals surface area contributed by atoms with Crippen LogP contribution in [0.3, 0.4) is 0 Å². The first-order valence-corrected chi connectivity index (χ1v) is 5.70. The number of benzene rings is 1. The van der Waals surface area contributed by atoms with Crippen molar-refractivity contribution in [2.45, 2.75) is 25.5 Å². The molecule has 0 bridgehead atoms. The molecule has 4 heteroatoms. The predicted molar refractivity (Wildman–Crippen MR) is 63.0 cm³/mol. The highest BCUT2D eigenvalue weighted by Gasteiger charge is 2.19. The fraction of sp³-hybridized carbons (Fsp3) is 0.417. The zero-order chi connectivity index (χ0) is 11.0. The van der Waals surface area contributed by atoms with Gasteiger partial charge < -0.3 is 10.5 Å². The van der Waals surface area contributed by atoms with E-state index < -0.39 is 0 Å². The highest BCUT2D eigenvalue weighted by molar-refractivity contribution is 5.89. The Balaban J connectivity index is 2.08. The summed E-state index contributed by atoms with van der Waals surface area (Å²) in [5, 5.41) is 5.39. The Bertz CT molecular complexity index is 500.